The molecule has 3 aromatic rings. The SMILES string of the molecule is O=C(/C=C/c1cc2cc3c(cc2nc1Cl)OCCO3)c1cccs1. The summed E-state index contributed by atoms with van der Waals surface area (Å²) >= 11 is 7.66. The molecular weight excluding hydrogens is 346 g/mol. The van der Waals surface area contributed by atoms with Gasteiger partial charge in [0.15, 0.2) is 17.3 Å². The van der Waals surface area contributed by atoms with Gasteiger partial charge in [-0.2, -0.15) is 0 Å². The summed E-state index contributed by atoms with van der Waals surface area (Å²) in [4.78, 5) is 17.2. The summed E-state index contributed by atoms with van der Waals surface area (Å²) in [6.45, 7) is 1.06. The number of nitrogens with zero attached hydrogens (tertiary/aromatic N) is 1. The Balaban J connectivity index is 1.70. The highest BCUT2D eigenvalue weighted by Gasteiger charge is 2.14. The highest BCUT2D eigenvalue weighted by Crippen LogP contribution is 2.35. The Morgan fingerprint density at radius 3 is 2.75 bits per heavy atom. The van der Waals surface area contributed by atoms with Gasteiger partial charge in [0.05, 0.1) is 10.4 Å². The molecule has 0 saturated heterocycles. The topological polar surface area (TPSA) is 48.4 Å². The monoisotopic (exact) mass is 357 g/mol. The Kier molecular flexibility index (Phi) is 3.96. The van der Waals surface area contributed by atoms with Crippen molar-refractivity contribution in [1.82, 2.24) is 4.98 Å². The van der Waals surface area contributed by atoms with Crippen molar-refractivity contribution in [3.8, 4) is 11.5 Å². The quantitative estimate of drug-likeness (QED) is 0.390. The van der Waals surface area contributed by atoms with Gasteiger partial charge in [0, 0.05) is 17.0 Å². The summed E-state index contributed by atoms with van der Waals surface area (Å²) in [5.41, 5.74) is 1.41. The van der Waals surface area contributed by atoms with Gasteiger partial charge in [-0.25, -0.2) is 4.98 Å². The van der Waals surface area contributed by atoms with Gasteiger partial charge in [-0.1, -0.05) is 17.7 Å². The number of aromatic nitrogens is 1. The fourth-order valence-electron chi connectivity index (χ4n) is 2.49. The van der Waals surface area contributed by atoms with Crippen molar-refractivity contribution in [2.24, 2.45) is 0 Å². The van der Waals surface area contributed by atoms with Crippen LogP contribution in [0.4, 0.5) is 0 Å². The smallest absolute Gasteiger partial charge is 0.195 e. The van der Waals surface area contributed by atoms with E-state index in [1.54, 1.807) is 12.1 Å². The molecule has 4 rings (SSSR count). The van der Waals surface area contributed by atoms with Crippen LogP contribution in [-0.4, -0.2) is 24.0 Å². The molecule has 1 aliphatic rings. The minimum atomic E-state index is -0.0525. The van der Waals surface area contributed by atoms with Crippen LogP contribution in [0, 0.1) is 0 Å². The van der Waals surface area contributed by atoms with Crippen LogP contribution in [0.1, 0.15) is 15.2 Å². The first-order chi connectivity index (χ1) is 11.7. The van der Waals surface area contributed by atoms with E-state index < -0.39 is 0 Å². The maximum absolute atomic E-state index is 12.1. The molecule has 0 spiro atoms. The number of ether oxygens (including phenoxy) is 2. The third-order valence-corrected chi connectivity index (χ3v) is 4.82. The van der Waals surface area contributed by atoms with E-state index in [0.717, 1.165) is 10.9 Å². The molecule has 0 fully saturated rings. The molecular formula is C18H12ClNO3S. The van der Waals surface area contributed by atoms with Gasteiger partial charge >= 0.3 is 0 Å². The number of fused-ring (bicyclic) bond motifs is 2. The van der Waals surface area contributed by atoms with Crippen LogP contribution in [-0.2, 0) is 0 Å². The summed E-state index contributed by atoms with van der Waals surface area (Å²) in [6.07, 6.45) is 3.20. The number of thiophene rings is 1. The van der Waals surface area contributed by atoms with E-state index in [4.69, 9.17) is 21.1 Å². The van der Waals surface area contributed by atoms with E-state index in [0.29, 0.717) is 40.3 Å². The number of allylic oxidation sites excluding steroid dienone is 1. The van der Waals surface area contributed by atoms with E-state index in [1.165, 1.54) is 17.4 Å². The third kappa shape index (κ3) is 2.88. The lowest BCUT2D eigenvalue weighted by molar-refractivity contribution is 0.105. The van der Waals surface area contributed by atoms with Crippen molar-refractivity contribution in [2.75, 3.05) is 13.2 Å². The fourth-order valence-corrected chi connectivity index (χ4v) is 3.34. The van der Waals surface area contributed by atoms with Crippen molar-refractivity contribution in [1.29, 1.82) is 0 Å². The van der Waals surface area contributed by atoms with E-state index in [1.807, 2.05) is 29.6 Å². The third-order valence-electron chi connectivity index (χ3n) is 3.64. The second kappa shape index (κ2) is 6.26. The molecule has 0 amide bonds. The van der Waals surface area contributed by atoms with E-state index in [9.17, 15) is 4.79 Å². The van der Waals surface area contributed by atoms with Gasteiger partial charge in [0.2, 0.25) is 0 Å². The number of carbonyl (C=O) groups excluding carboxylic acids is 1. The number of hydrogen-bond acceptors (Lipinski definition) is 5. The van der Waals surface area contributed by atoms with Crippen LogP contribution in [0.5, 0.6) is 11.5 Å². The largest absolute Gasteiger partial charge is 0.486 e. The Morgan fingerprint density at radius 1 is 1.21 bits per heavy atom. The van der Waals surface area contributed by atoms with Crippen molar-refractivity contribution in [3.05, 3.63) is 57.4 Å². The lowest BCUT2D eigenvalue weighted by Gasteiger charge is -2.18. The highest BCUT2D eigenvalue weighted by molar-refractivity contribution is 7.12. The van der Waals surface area contributed by atoms with Crippen molar-refractivity contribution in [3.63, 3.8) is 0 Å². The average Bonchev–Trinajstić information content (AvgIpc) is 3.12. The number of carbonyl (C=O) groups is 1. The second-order valence-electron chi connectivity index (χ2n) is 5.23. The maximum Gasteiger partial charge on any atom is 0.195 e. The second-order valence-corrected chi connectivity index (χ2v) is 6.54. The number of ketones is 1. The minimum absolute atomic E-state index is 0.0525. The lowest BCUT2D eigenvalue weighted by atomic mass is 10.1. The molecule has 1 aliphatic heterocycles. The van der Waals surface area contributed by atoms with Crippen molar-refractivity contribution in [2.45, 2.75) is 0 Å². The molecule has 4 nitrogen and oxygen atoms in total. The predicted molar refractivity (Wildman–Crippen MR) is 95.4 cm³/mol. The van der Waals surface area contributed by atoms with Crippen LogP contribution in [0.15, 0.2) is 41.8 Å². The molecule has 6 heteroatoms. The Hall–Kier alpha value is -2.37. The Bertz CT molecular complexity index is 951. The summed E-state index contributed by atoms with van der Waals surface area (Å²) in [6, 6.07) is 9.23. The van der Waals surface area contributed by atoms with Gasteiger partial charge in [-0.15, -0.1) is 11.3 Å². The lowest BCUT2D eigenvalue weighted by Crippen LogP contribution is -2.15. The Morgan fingerprint density at radius 2 is 2.00 bits per heavy atom. The number of hydrogen-bond donors (Lipinski definition) is 0. The molecule has 0 saturated carbocycles. The fraction of sp³-hybridized carbons (Fsp3) is 0.111. The van der Waals surface area contributed by atoms with Crippen LogP contribution in [0.3, 0.4) is 0 Å². The number of halogens is 1. The van der Waals surface area contributed by atoms with Gasteiger partial charge in [-0.3, -0.25) is 4.79 Å². The molecule has 0 atom stereocenters. The highest BCUT2D eigenvalue weighted by atomic mass is 35.5. The summed E-state index contributed by atoms with van der Waals surface area (Å²) in [5.74, 6) is 1.32. The molecule has 120 valence electrons. The van der Waals surface area contributed by atoms with E-state index in [2.05, 4.69) is 4.98 Å². The van der Waals surface area contributed by atoms with Crippen LogP contribution in [0.2, 0.25) is 5.15 Å². The Labute approximate surface area is 147 Å². The van der Waals surface area contributed by atoms with Crippen molar-refractivity contribution >= 4 is 45.7 Å². The zero-order valence-corrected chi connectivity index (χ0v) is 14.1. The molecule has 1 aromatic carbocycles. The summed E-state index contributed by atoms with van der Waals surface area (Å²) in [7, 11) is 0. The molecule has 0 aliphatic carbocycles. The predicted octanol–water partition coefficient (Wildman–Crippen LogP) is 4.62. The van der Waals surface area contributed by atoms with Crippen LogP contribution in [0.25, 0.3) is 17.0 Å². The molecule has 0 radical (unpaired) electrons. The average molecular weight is 358 g/mol. The van der Waals surface area contributed by atoms with Crippen LogP contribution < -0.4 is 9.47 Å². The standard InChI is InChI=1S/C18H12ClNO3S/c19-18-11(3-4-14(21)17-2-1-7-24-17)8-12-9-15-16(10-13(12)20-18)23-6-5-22-15/h1-4,7-10H,5-6H2/b4-3+. The van der Waals surface area contributed by atoms with Crippen LogP contribution >= 0.6 is 22.9 Å². The van der Waals surface area contributed by atoms with E-state index >= 15 is 0 Å². The molecule has 2 aromatic heterocycles. The normalized spacial score (nSPS) is 13.5. The van der Waals surface area contributed by atoms with Crippen molar-refractivity contribution < 1.29 is 14.3 Å². The first-order valence-corrected chi connectivity index (χ1v) is 8.62. The number of benzene rings is 1. The van der Waals surface area contributed by atoms with Gasteiger partial charge < -0.3 is 9.47 Å². The van der Waals surface area contributed by atoms with E-state index in [-0.39, 0.29) is 5.78 Å². The summed E-state index contributed by atoms with van der Waals surface area (Å²) in [5, 5.41) is 3.10. The summed E-state index contributed by atoms with van der Waals surface area (Å²) < 4.78 is 11.1. The molecule has 0 unspecified atom stereocenters. The minimum Gasteiger partial charge on any atom is -0.486 e. The number of pyridine rings is 1. The first-order valence-electron chi connectivity index (χ1n) is 7.36. The zero-order valence-electron chi connectivity index (χ0n) is 12.5. The molecule has 0 N–H and O–H groups in total. The first kappa shape index (κ1) is 15.2. The van der Waals surface area contributed by atoms with Gasteiger partial charge in [0.25, 0.3) is 0 Å². The molecule has 24 heavy (non-hydrogen) atoms. The molecule has 3 heterocycles. The molecule has 0 bridgehead atoms. The number of rotatable bonds is 3. The van der Waals surface area contributed by atoms with Gasteiger partial charge in [0.1, 0.15) is 18.4 Å². The van der Waals surface area contributed by atoms with Gasteiger partial charge in [-0.05, 0) is 35.7 Å². The maximum atomic E-state index is 12.1. The zero-order chi connectivity index (χ0) is 16.5.